The Kier molecular flexibility index (Phi) is 4.69. The molecule has 2 aliphatic rings. The van der Waals surface area contributed by atoms with Gasteiger partial charge in [0.1, 0.15) is 5.01 Å². The highest BCUT2D eigenvalue weighted by Gasteiger charge is 2.56. The summed E-state index contributed by atoms with van der Waals surface area (Å²) in [5.41, 5.74) is 3.25. The monoisotopic (exact) mass is 359 g/mol. The predicted molar refractivity (Wildman–Crippen MR) is 102 cm³/mol. The van der Waals surface area contributed by atoms with Gasteiger partial charge >= 0.3 is 0 Å². The molecule has 3 heterocycles. The second-order valence-electron chi connectivity index (χ2n) is 7.83. The van der Waals surface area contributed by atoms with Crippen molar-refractivity contribution in [1.29, 1.82) is 0 Å². The molecule has 0 aromatic carbocycles. The maximum Gasteiger partial charge on any atom is 0.107 e. The molecule has 1 saturated heterocycles. The maximum absolute atomic E-state index is 4.58. The highest BCUT2D eigenvalue weighted by atomic mass is 32.1. The summed E-state index contributed by atoms with van der Waals surface area (Å²) in [7, 11) is 4.30. The van der Waals surface area contributed by atoms with Crippen LogP contribution in [0.1, 0.15) is 42.5 Å². The van der Waals surface area contributed by atoms with Crippen molar-refractivity contribution in [3.63, 3.8) is 0 Å². The first-order valence-corrected chi connectivity index (χ1v) is 10.3. The van der Waals surface area contributed by atoms with Crippen molar-refractivity contribution in [1.82, 2.24) is 24.6 Å². The molecule has 25 heavy (non-hydrogen) atoms. The summed E-state index contributed by atoms with van der Waals surface area (Å²) in [6.07, 6.45) is 9.18. The summed E-state index contributed by atoms with van der Waals surface area (Å²) < 4.78 is 1.96. The van der Waals surface area contributed by atoms with Crippen molar-refractivity contribution in [2.24, 2.45) is 12.5 Å². The molecular formula is C19H29N5S. The van der Waals surface area contributed by atoms with Crippen molar-refractivity contribution >= 4 is 11.3 Å². The molecule has 2 fully saturated rings. The van der Waals surface area contributed by atoms with Gasteiger partial charge in [-0.3, -0.25) is 14.5 Å². The number of hydrogen-bond acceptors (Lipinski definition) is 5. The molecule has 1 atom stereocenters. The van der Waals surface area contributed by atoms with Gasteiger partial charge in [0, 0.05) is 43.0 Å². The summed E-state index contributed by atoms with van der Waals surface area (Å²) >= 11 is 1.77. The molecule has 0 bridgehead atoms. The van der Waals surface area contributed by atoms with Gasteiger partial charge in [0.2, 0.25) is 0 Å². The Morgan fingerprint density at radius 1 is 1.36 bits per heavy atom. The summed E-state index contributed by atoms with van der Waals surface area (Å²) in [5.74, 6) is 0. The Morgan fingerprint density at radius 3 is 2.84 bits per heavy atom. The Labute approximate surface area is 154 Å². The van der Waals surface area contributed by atoms with Gasteiger partial charge < -0.3 is 0 Å². The van der Waals surface area contributed by atoms with Gasteiger partial charge in [0.05, 0.1) is 12.2 Å². The molecule has 2 aromatic rings. The molecule has 0 unspecified atom stereocenters. The zero-order valence-electron chi connectivity index (χ0n) is 15.6. The molecule has 0 amide bonds. The van der Waals surface area contributed by atoms with Gasteiger partial charge in [0.15, 0.2) is 0 Å². The lowest BCUT2D eigenvalue weighted by atomic mass is 9.92. The lowest BCUT2D eigenvalue weighted by molar-refractivity contribution is 0.139. The van der Waals surface area contributed by atoms with Crippen LogP contribution in [0.4, 0.5) is 0 Å². The summed E-state index contributed by atoms with van der Waals surface area (Å²) in [6.45, 7) is 6.71. The van der Waals surface area contributed by atoms with E-state index >= 15 is 0 Å². The Hall–Kier alpha value is -1.24. The van der Waals surface area contributed by atoms with E-state index in [-0.39, 0.29) is 0 Å². The van der Waals surface area contributed by atoms with Crippen molar-refractivity contribution in [2.45, 2.75) is 51.7 Å². The number of nitrogens with zero attached hydrogens (tertiary/aromatic N) is 5. The second kappa shape index (κ2) is 6.82. The smallest absolute Gasteiger partial charge is 0.107 e. The van der Waals surface area contributed by atoms with Crippen molar-refractivity contribution in [2.75, 3.05) is 20.1 Å². The number of piperidine rings is 1. The Bertz CT molecular complexity index is 699. The standard InChI is InChI=1S/C19H29N5S/c1-4-16-15(12-23(3)21-16)13-24-8-5-19(6-9-24)11-17(19)22(2)14-18-20-7-10-25-18/h7,10,12,17H,4-6,8-9,11,13-14H2,1-3H3/t17-/m0/s1. The normalized spacial score (nSPS) is 22.8. The molecular weight excluding hydrogens is 330 g/mol. The number of aromatic nitrogens is 3. The van der Waals surface area contributed by atoms with E-state index in [0.717, 1.165) is 25.6 Å². The van der Waals surface area contributed by atoms with Crippen LogP contribution >= 0.6 is 11.3 Å². The van der Waals surface area contributed by atoms with E-state index in [4.69, 9.17) is 0 Å². The van der Waals surface area contributed by atoms with E-state index in [1.165, 1.54) is 48.6 Å². The second-order valence-corrected chi connectivity index (χ2v) is 8.81. The predicted octanol–water partition coefficient (Wildman–Crippen LogP) is 2.93. The van der Waals surface area contributed by atoms with E-state index in [0.29, 0.717) is 5.41 Å². The average Bonchev–Trinajstić information content (AvgIpc) is 2.93. The highest BCUT2D eigenvalue weighted by molar-refractivity contribution is 7.09. The molecule has 1 saturated carbocycles. The third-order valence-electron chi connectivity index (χ3n) is 6.12. The molecule has 136 valence electrons. The topological polar surface area (TPSA) is 37.2 Å². The molecule has 4 rings (SSSR count). The first kappa shape index (κ1) is 17.2. The van der Waals surface area contributed by atoms with Crippen LogP contribution in [0.25, 0.3) is 0 Å². The minimum Gasteiger partial charge on any atom is -0.299 e. The third-order valence-corrected chi connectivity index (χ3v) is 6.88. The van der Waals surface area contributed by atoms with Gasteiger partial charge in [-0.2, -0.15) is 5.10 Å². The third kappa shape index (κ3) is 3.52. The minimum absolute atomic E-state index is 0.574. The minimum atomic E-state index is 0.574. The van der Waals surface area contributed by atoms with Crippen molar-refractivity contribution < 1.29 is 0 Å². The van der Waals surface area contributed by atoms with E-state index in [1.807, 2.05) is 17.9 Å². The molecule has 1 aliphatic carbocycles. The van der Waals surface area contributed by atoms with Crippen molar-refractivity contribution in [3.8, 4) is 0 Å². The first-order chi connectivity index (χ1) is 12.1. The van der Waals surface area contributed by atoms with Crippen LogP contribution < -0.4 is 0 Å². The van der Waals surface area contributed by atoms with Crippen LogP contribution in [0.15, 0.2) is 17.8 Å². The van der Waals surface area contributed by atoms with Gasteiger partial charge in [-0.25, -0.2) is 4.98 Å². The molecule has 0 radical (unpaired) electrons. The van der Waals surface area contributed by atoms with Gasteiger partial charge in [-0.15, -0.1) is 11.3 Å². The summed E-state index contributed by atoms with van der Waals surface area (Å²) in [5, 5.41) is 7.90. The van der Waals surface area contributed by atoms with Gasteiger partial charge in [-0.05, 0) is 51.2 Å². The number of thiazole rings is 1. The first-order valence-electron chi connectivity index (χ1n) is 9.42. The number of hydrogen-bond donors (Lipinski definition) is 0. The van der Waals surface area contributed by atoms with E-state index < -0.39 is 0 Å². The van der Waals surface area contributed by atoms with Crippen molar-refractivity contribution in [3.05, 3.63) is 34.0 Å². The SMILES string of the molecule is CCc1nn(C)cc1CN1CCC2(CC1)C[C@@H]2N(C)Cc1nccs1. The van der Waals surface area contributed by atoms with E-state index in [2.05, 4.69) is 45.4 Å². The molecule has 1 aliphatic heterocycles. The number of aryl methyl sites for hydroxylation is 2. The van der Waals surface area contributed by atoms with Crippen LogP contribution in [0.2, 0.25) is 0 Å². The number of likely N-dealkylation sites (tertiary alicyclic amines) is 1. The van der Waals surface area contributed by atoms with E-state index in [9.17, 15) is 0 Å². The molecule has 2 aromatic heterocycles. The maximum atomic E-state index is 4.58. The Morgan fingerprint density at radius 2 is 2.16 bits per heavy atom. The molecule has 6 heteroatoms. The Balaban J connectivity index is 1.30. The highest BCUT2D eigenvalue weighted by Crippen LogP contribution is 2.56. The lowest BCUT2D eigenvalue weighted by Crippen LogP contribution is -2.37. The van der Waals surface area contributed by atoms with Gasteiger partial charge in [-0.1, -0.05) is 6.92 Å². The lowest BCUT2D eigenvalue weighted by Gasteiger charge is -2.34. The average molecular weight is 360 g/mol. The molecule has 5 nitrogen and oxygen atoms in total. The van der Waals surface area contributed by atoms with Crippen LogP contribution in [0, 0.1) is 5.41 Å². The van der Waals surface area contributed by atoms with Crippen LogP contribution in [-0.2, 0) is 26.6 Å². The zero-order chi connectivity index (χ0) is 17.4. The number of rotatable bonds is 6. The fraction of sp³-hybridized carbons (Fsp3) is 0.684. The van der Waals surface area contributed by atoms with E-state index in [1.54, 1.807) is 11.3 Å². The van der Waals surface area contributed by atoms with Crippen LogP contribution in [0.5, 0.6) is 0 Å². The summed E-state index contributed by atoms with van der Waals surface area (Å²) in [4.78, 5) is 9.59. The molecule has 1 spiro atoms. The quantitative estimate of drug-likeness (QED) is 0.795. The largest absolute Gasteiger partial charge is 0.299 e. The summed E-state index contributed by atoms with van der Waals surface area (Å²) in [6, 6.07) is 0.753. The van der Waals surface area contributed by atoms with Crippen LogP contribution in [0.3, 0.4) is 0 Å². The van der Waals surface area contributed by atoms with Gasteiger partial charge in [0.25, 0.3) is 0 Å². The fourth-order valence-electron chi connectivity index (χ4n) is 4.55. The van der Waals surface area contributed by atoms with Crippen LogP contribution in [-0.4, -0.2) is 50.7 Å². The molecule has 0 N–H and O–H groups in total. The fourth-order valence-corrected chi connectivity index (χ4v) is 5.23. The zero-order valence-corrected chi connectivity index (χ0v) is 16.4.